The first-order valence-corrected chi connectivity index (χ1v) is 17.4. The van der Waals surface area contributed by atoms with Gasteiger partial charge in [-0.25, -0.2) is 4.79 Å². The molecule has 0 spiro atoms. The summed E-state index contributed by atoms with van der Waals surface area (Å²) in [6.45, 7) is 1.15. The number of rotatable bonds is 13. The van der Waals surface area contributed by atoms with Crippen molar-refractivity contribution in [2.75, 3.05) is 26.4 Å². The van der Waals surface area contributed by atoms with Crippen LogP contribution >= 0.6 is 0 Å². The minimum Gasteiger partial charge on any atom is -0.455 e. The number of carbonyl (C=O) groups is 5. The standard InChI is InChI=1S/C32H50N4O19/c1-10(41)33-15-5-14(16(6-37)51-30(15)49)27-20(34-11(2)42)25(47)28(18(8-39)50-27)54-32-22(36-13(4)44)26(48)29(19(9-40)53-32)55-31-21(35-12(3)43)24(46)23(45)17(7-38)52-31/h5,14,16-29,31-32,37-40,45-48H,6-9H2,1-4H3,(H,33,41)(H,34,42)(H,35,43)(H,36,44)/t14-,16+,17+,18+,19+,20+,21+,22+,23+,24+,25+,26+,27-,28+,29+,31-,32-/m0/s1. The van der Waals surface area contributed by atoms with Gasteiger partial charge in [-0.3, -0.25) is 19.2 Å². The van der Waals surface area contributed by atoms with Gasteiger partial charge in [0.1, 0.15) is 78.8 Å². The number of aliphatic hydroxyl groups is 8. The zero-order chi connectivity index (χ0) is 40.9. The van der Waals surface area contributed by atoms with Crippen molar-refractivity contribution >= 4 is 29.6 Å². The van der Waals surface area contributed by atoms with Crippen LogP contribution in [-0.2, 0) is 52.4 Å². The highest BCUT2D eigenvalue weighted by molar-refractivity contribution is 5.94. The van der Waals surface area contributed by atoms with E-state index in [1.807, 2.05) is 0 Å². The van der Waals surface area contributed by atoms with Crippen LogP contribution in [0, 0.1) is 5.92 Å². The van der Waals surface area contributed by atoms with Crippen LogP contribution in [0.25, 0.3) is 0 Å². The largest absolute Gasteiger partial charge is 0.455 e. The van der Waals surface area contributed by atoms with Crippen molar-refractivity contribution in [3.63, 3.8) is 0 Å². The molecule has 12 N–H and O–H groups in total. The van der Waals surface area contributed by atoms with E-state index in [2.05, 4.69) is 21.3 Å². The number of nitrogens with one attached hydrogen (secondary N) is 4. The monoisotopic (exact) mass is 794 g/mol. The number of hydrogen-bond acceptors (Lipinski definition) is 19. The Labute approximate surface area is 313 Å². The molecule has 23 nitrogen and oxygen atoms in total. The Morgan fingerprint density at radius 2 is 1.04 bits per heavy atom. The second-order valence-electron chi connectivity index (χ2n) is 13.6. The Morgan fingerprint density at radius 3 is 1.51 bits per heavy atom. The highest BCUT2D eigenvalue weighted by Gasteiger charge is 2.56. The molecule has 4 heterocycles. The third kappa shape index (κ3) is 10.1. The van der Waals surface area contributed by atoms with E-state index in [0.29, 0.717) is 0 Å². The molecule has 23 heteroatoms. The van der Waals surface area contributed by atoms with Crippen LogP contribution in [0.15, 0.2) is 11.8 Å². The maximum absolute atomic E-state index is 12.5. The average molecular weight is 795 g/mol. The van der Waals surface area contributed by atoms with Gasteiger partial charge in [-0.1, -0.05) is 0 Å². The van der Waals surface area contributed by atoms with Crippen LogP contribution in [-0.4, -0.2) is 195 Å². The molecule has 0 radical (unpaired) electrons. The Morgan fingerprint density at radius 1 is 0.600 bits per heavy atom. The minimum atomic E-state index is -1.86. The summed E-state index contributed by atoms with van der Waals surface area (Å²) >= 11 is 0. The fraction of sp³-hybridized carbons (Fsp3) is 0.781. The predicted molar refractivity (Wildman–Crippen MR) is 176 cm³/mol. The van der Waals surface area contributed by atoms with Crippen LogP contribution in [0.4, 0.5) is 0 Å². The fourth-order valence-electron chi connectivity index (χ4n) is 7.06. The number of esters is 1. The number of aliphatic hydroxyl groups excluding tert-OH is 8. The lowest BCUT2D eigenvalue weighted by Gasteiger charge is -2.51. The van der Waals surface area contributed by atoms with E-state index in [4.69, 9.17) is 28.4 Å². The normalized spacial score (nSPS) is 40.6. The van der Waals surface area contributed by atoms with Crippen LogP contribution in [0.2, 0.25) is 0 Å². The zero-order valence-corrected chi connectivity index (χ0v) is 30.3. The van der Waals surface area contributed by atoms with E-state index in [9.17, 15) is 64.8 Å². The van der Waals surface area contributed by atoms with Crippen LogP contribution < -0.4 is 21.3 Å². The molecule has 17 atom stereocenters. The first kappa shape index (κ1) is 44.3. The molecule has 4 aliphatic heterocycles. The van der Waals surface area contributed by atoms with E-state index in [1.54, 1.807) is 0 Å². The highest BCUT2D eigenvalue weighted by Crippen LogP contribution is 2.36. The Kier molecular flexibility index (Phi) is 15.4. The summed E-state index contributed by atoms with van der Waals surface area (Å²) in [7, 11) is 0. The van der Waals surface area contributed by atoms with Gasteiger partial charge >= 0.3 is 5.97 Å². The van der Waals surface area contributed by atoms with Crippen LogP contribution in [0.1, 0.15) is 27.7 Å². The van der Waals surface area contributed by atoms with Gasteiger partial charge in [0.15, 0.2) is 12.6 Å². The average Bonchev–Trinajstić information content (AvgIpc) is 3.12. The SMILES string of the molecule is CC(=O)NC1=C[C@H]([C@@H]2O[C@H](CO)[C@@H](O[C@@H]3O[C@H](CO)[C@@H](O[C@@H]4O[C@H](CO)[C@@H](O)[C@H](O)[C@H]4NC(C)=O)[C@H](O)[C@H]3NC(C)=O)[C@H](O)[C@H]2NC(C)=O)[C@@H](CO)OC1=O. The molecule has 0 bridgehead atoms. The number of amides is 4. The van der Waals surface area contributed by atoms with E-state index in [0.717, 1.165) is 27.7 Å². The fourth-order valence-corrected chi connectivity index (χ4v) is 7.06. The van der Waals surface area contributed by atoms with Crippen LogP contribution in [0.5, 0.6) is 0 Å². The molecule has 0 aromatic carbocycles. The summed E-state index contributed by atoms with van der Waals surface area (Å²) < 4.78 is 34.9. The summed E-state index contributed by atoms with van der Waals surface area (Å²) in [5.41, 5.74) is -0.310. The molecule has 4 aliphatic rings. The van der Waals surface area contributed by atoms with Gasteiger partial charge in [0.05, 0.1) is 38.6 Å². The van der Waals surface area contributed by atoms with E-state index in [1.165, 1.54) is 6.08 Å². The lowest BCUT2D eigenvalue weighted by molar-refractivity contribution is -0.347. The van der Waals surface area contributed by atoms with Gasteiger partial charge in [0, 0.05) is 33.6 Å². The molecule has 312 valence electrons. The maximum atomic E-state index is 12.5. The molecule has 55 heavy (non-hydrogen) atoms. The summed E-state index contributed by atoms with van der Waals surface area (Å²) in [5.74, 6) is -4.81. The lowest BCUT2D eigenvalue weighted by atomic mass is 9.81. The molecule has 3 fully saturated rings. The second-order valence-corrected chi connectivity index (χ2v) is 13.6. The van der Waals surface area contributed by atoms with Gasteiger partial charge in [-0.05, 0) is 6.08 Å². The molecule has 0 aromatic heterocycles. The first-order chi connectivity index (χ1) is 25.9. The molecular formula is C32H50N4O19. The Bertz CT molecular complexity index is 1420. The van der Waals surface area contributed by atoms with Gasteiger partial charge < -0.3 is 90.5 Å². The van der Waals surface area contributed by atoms with Crippen molar-refractivity contribution in [2.45, 2.75) is 126 Å². The third-order valence-corrected chi connectivity index (χ3v) is 9.50. The van der Waals surface area contributed by atoms with E-state index < -0.39 is 160 Å². The van der Waals surface area contributed by atoms with Crippen LogP contribution in [0.3, 0.4) is 0 Å². The quantitative estimate of drug-likeness (QED) is 0.0770. The number of carbonyl (C=O) groups excluding carboxylic acids is 5. The van der Waals surface area contributed by atoms with Crippen molar-refractivity contribution < 1.29 is 93.2 Å². The van der Waals surface area contributed by atoms with Crippen molar-refractivity contribution in [1.29, 1.82) is 0 Å². The zero-order valence-electron chi connectivity index (χ0n) is 30.3. The number of ether oxygens (including phenoxy) is 6. The van der Waals surface area contributed by atoms with Gasteiger partial charge in [-0.15, -0.1) is 0 Å². The summed E-state index contributed by atoms with van der Waals surface area (Å²) in [4.78, 5) is 61.0. The molecule has 0 unspecified atom stereocenters. The maximum Gasteiger partial charge on any atom is 0.354 e. The Hall–Kier alpha value is -3.43. The van der Waals surface area contributed by atoms with E-state index in [-0.39, 0.29) is 5.70 Å². The van der Waals surface area contributed by atoms with Crippen molar-refractivity contribution in [1.82, 2.24) is 21.3 Å². The number of cyclic esters (lactones) is 1. The van der Waals surface area contributed by atoms with Crippen molar-refractivity contribution in [3.8, 4) is 0 Å². The minimum absolute atomic E-state index is 0.310. The predicted octanol–water partition coefficient (Wildman–Crippen LogP) is -7.54. The summed E-state index contributed by atoms with van der Waals surface area (Å²) in [6.07, 6.45) is -19.6. The van der Waals surface area contributed by atoms with Gasteiger partial charge in [0.2, 0.25) is 23.6 Å². The summed E-state index contributed by atoms with van der Waals surface area (Å²) in [6, 6.07) is -4.47. The highest BCUT2D eigenvalue weighted by atomic mass is 16.7. The molecule has 0 saturated carbocycles. The molecule has 0 aliphatic carbocycles. The van der Waals surface area contributed by atoms with Crippen molar-refractivity contribution in [2.24, 2.45) is 5.92 Å². The molecular weight excluding hydrogens is 744 g/mol. The third-order valence-electron chi connectivity index (χ3n) is 9.50. The molecule has 4 amide bonds. The van der Waals surface area contributed by atoms with Gasteiger partial charge in [0.25, 0.3) is 0 Å². The first-order valence-electron chi connectivity index (χ1n) is 17.4. The lowest BCUT2D eigenvalue weighted by Crippen LogP contribution is -2.71. The van der Waals surface area contributed by atoms with Crippen molar-refractivity contribution in [3.05, 3.63) is 11.8 Å². The second kappa shape index (κ2) is 19.1. The smallest absolute Gasteiger partial charge is 0.354 e. The van der Waals surface area contributed by atoms with E-state index >= 15 is 0 Å². The Balaban J connectivity index is 1.65. The number of hydrogen-bond donors (Lipinski definition) is 12. The molecule has 3 saturated heterocycles. The topological polar surface area (TPSA) is 351 Å². The molecule has 4 rings (SSSR count). The molecule has 0 aromatic rings. The van der Waals surface area contributed by atoms with Gasteiger partial charge in [-0.2, -0.15) is 0 Å². The summed E-state index contributed by atoms with van der Waals surface area (Å²) in [5, 5.41) is 94.7.